The molecule has 0 amide bonds. The van der Waals surface area contributed by atoms with E-state index in [1.54, 1.807) is 0 Å². The number of hydrogen-bond donors (Lipinski definition) is 1. The molecule has 2 aliphatic heterocycles. The molecule has 0 aromatic carbocycles. The quantitative estimate of drug-likeness (QED) is 0.449. The fourth-order valence-corrected chi connectivity index (χ4v) is 18.4. The molecule has 30 heavy (non-hydrogen) atoms. The molecule has 8 atom stereocenters. The maximum atomic E-state index is 14.4. The molecule has 0 aromatic rings. The Kier molecular flexibility index (Phi) is 4.91. The molecule has 5 unspecified atom stereocenters. The topological polar surface area (TPSA) is 65.0 Å². The molecule has 2 saturated carbocycles. The lowest BCUT2D eigenvalue weighted by Crippen LogP contribution is -2.66. The molecule has 0 radical (unpaired) electrons. The molecule has 0 spiro atoms. The number of ketones is 1. The second kappa shape index (κ2) is 6.84. The Labute approximate surface area is 182 Å². The number of rotatable bonds is 0. The number of Topliss-reactive ketones (excluding diaryl/α,β-unsaturated/α-hetero) is 1. The zero-order chi connectivity index (χ0) is 21.6. The van der Waals surface area contributed by atoms with Crippen molar-refractivity contribution in [2.75, 3.05) is 6.61 Å². The largest absolute Gasteiger partial charge is 0.414 e. The van der Waals surface area contributed by atoms with E-state index in [4.69, 9.17) is 13.6 Å². The van der Waals surface area contributed by atoms with Crippen LogP contribution in [0.2, 0.25) is 31.9 Å². The van der Waals surface area contributed by atoms with Gasteiger partial charge in [-0.1, -0.05) is 0 Å². The normalized spacial score (nSPS) is 49.6. The number of ether oxygens (including phenoxy) is 1. The highest BCUT2D eigenvalue weighted by molar-refractivity contribution is 6.89. The van der Waals surface area contributed by atoms with E-state index in [0.717, 1.165) is 49.1 Å². The van der Waals surface area contributed by atoms with E-state index in [1.165, 1.54) is 0 Å². The van der Waals surface area contributed by atoms with Gasteiger partial charge in [-0.2, -0.15) is 0 Å². The van der Waals surface area contributed by atoms with E-state index in [1.807, 2.05) is 6.92 Å². The first-order valence-corrected chi connectivity index (χ1v) is 18.0. The van der Waals surface area contributed by atoms with Crippen molar-refractivity contribution in [1.82, 2.24) is 0 Å². The molecular formula is C23H38O5Si2. The van der Waals surface area contributed by atoms with Crippen molar-refractivity contribution in [1.29, 1.82) is 0 Å². The molecule has 168 valence electrons. The summed E-state index contributed by atoms with van der Waals surface area (Å²) in [5, 5.41) is 10.8. The number of aliphatic hydroxyl groups is 1. The Morgan fingerprint density at radius 3 is 2.43 bits per heavy atom. The van der Waals surface area contributed by atoms with Crippen LogP contribution < -0.4 is 0 Å². The molecule has 0 aromatic heterocycles. The summed E-state index contributed by atoms with van der Waals surface area (Å²) >= 11 is 0. The van der Waals surface area contributed by atoms with Gasteiger partial charge in [-0.05, 0) is 94.4 Å². The van der Waals surface area contributed by atoms with Crippen LogP contribution in [0.4, 0.5) is 0 Å². The van der Waals surface area contributed by atoms with E-state index in [2.05, 4.69) is 33.1 Å². The Morgan fingerprint density at radius 1 is 1.07 bits per heavy atom. The summed E-state index contributed by atoms with van der Waals surface area (Å²) in [5.74, 6) is 1.30. The number of hydrogen-bond acceptors (Lipinski definition) is 5. The van der Waals surface area contributed by atoms with Gasteiger partial charge in [0.15, 0.2) is 22.4 Å². The van der Waals surface area contributed by atoms with Crippen LogP contribution in [-0.4, -0.2) is 58.5 Å². The molecule has 5 aliphatic rings. The highest BCUT2D eigenvalue weighted by Gasteiger charge is 2.64. The van der Waals surface area contributed by atoms with Crippen LogP contribution >= 0.6 is 0 Å². The lowest BCUT2D eigenvalue weighted by Gasteiger charge is -2.59. The van der Waals surface area contributed by atoms with E-state index < -0.39 is 34.3 Å². The SMILES string of the molecule is CC1=C2CC(CC1O)CC1C3COC3C[C@@H]3O[Si](C)(C)C[Si](C)(C)O[C@H]2C(=O)[C@@]13C. The van der Waals surface area contributed by atoms with Crippen LogP contribution in [0.5, 0.6) is 0 Å². The second-order valence-electron chi connectivity index (χ2n) is 12.1. The summed E-state index contributed by atoms with van der Waals surface area (Å²) in [6, 6.07) is 0. The summed E-state index contributed by atoms with van der Waals surface area (Å²) in [6.45, 7) is 14.0. The number of aliphatic hydroxyl groups excluding tert-OH is 1. The average molecular weight is 451 g/mol. The molecule has 2 saturated heterocycles. The van der Waals surface area contributed by atoms with E-state index in [0.29, 0.717) is 11.8 Å². The number of carbonyl (C=O) groups excluding carboxylic acids is 1. The predicted octanol–water partition coefficient (Wildman–Crippen LogP) is 3.82. The van der Waals surface area contributed by atoms with Gasteiger partial charge in [0.2, 0.25) is 0 Å². The van der Waals surface area contributed by atoms with Crippen molar-refractivity contribution in [2.24, 2.45) is 23.2 Å². The minimum atomic E-state index is -2.14. The molecule has 5 nitrogen and oxygen atoms in total. The van der Waals surface area contributed by atoms with Crippen molar-refractivity contribution in [3.63, 3.8) is 0 Å². The van der Waals surface area contributed by atoms with Crippen LogP contribution in [0.15, 0.2) is 11.1 Å². The van der Waals surface area contributed by atoms with Crippen molar-refractivity contribution in [2.45, 2.75) is 95.8 Å². The Morgan fingerprint density at radius 2 is 1.77 bits per heavy atom. The molecular weight excluding hydrogens is 412 g/mol. The highest BCUT2D eigenvalue weighted by atomic mass is 28.4. The zero-order valence-corrected chi connectivity index (χ0v) is 21.4. The van der Waals surface area contributed by atoms with E-state index in [-0.39, 0.29) is 23.9 Å². The maximum Gasteiger partial charge on any atom is 0.187 e. The van der Waals surface area contributed by atoms with Gasteiger partial charge < -0.3 is 18.7 Å². The van der Waals surface area contributed by atoms with Crippen molar-refractivity contribution < 1.29 is 23.5 Å². The van der Waals surface area contributed by atoms with Crippen molar-refractivity contribution >= 4 is 22.4 Å². The van der Waals surface area contributed by atoms with Gasteiger partial charge in [-0.3, -0.25) is 4.79 Å². The number of fused-ring (bicyclic) bond motifs is 6. The standard InChI is InChI=1S/C23H38O5Si2/c1-13-15-7-14(9-18(13)24)8-17-16-11-26-19(16)10-20-23(17,2)22(25)21(15)28-30(5,6)12-29(3,4)27-20/h14,16-21,24H,7-12H2,1-6H3/t14?,16?,17?,18?,19?,20-,21+,23-/m0/s1. The third kappa shape index (κ3) is 3.18. The lowest BCUT2D eigenvalue weighted by molar-refractivity contribution is -0.224. The molecule has 7 heteroatoms. The minimum absolute atomic E-state index is 0.0862. The van der Waals surface area contributed by atoms with Crippen LogP contribution in [-0.2, 0) is 18.4 Å². The zero-order valence-electron chi connectivity index (χ0n) is 19.4. The third-order valence-corrected chi connectivity index (χ3v) is 17.5. The van der Waals surface area contributed by atoms with Crippen molar-refractivity contribution in [3.8, 4) is 0 Å². The smallest absolute Gasteiger partial charge is 0.187 e. The van der Waals surface area contributed by atoms with Gasteiger partial charge in [0.25, 0.3) is 0 Å². The van der Waals surface area contributed by atoms with Crippen LogP contribution in [0, 0.1) is 23.2 Å². The molecule has 5 rings (SSSR count). The Bertz CT molecular complexity index is 792. The Hall–Kier alpha value is -0.316. The predicted molar refractivity (Wildman–Crippen MR) is 120 cm³/mol. The molecule has 3 aliphatic carbocycles. The first-order chi connectivity index (χ1) is 13.9. The summed E-state index contributed by atoms with van der Waals surface area (Å²) in [6.07, 6.45) is 2.68. The third-order valence-electron chi connectivity index (χ3n) is 8.88. The van der Waals surface area contributed by atoms with E-state index in [9.17, 15) is 9.90 Å². The molecule has 4 bridgehead atoms. The summed E-state index contributed by atoms with van der Waals surface area (Å²) in [5.41, 5.74) is 2.50. The highest BCUT2D eigenvalue weighted by Crippen LogP contribution is 2.58. The summed E-state index contributed by atoms with van der Waals surface area (Å²) in [7, 11) is -4.15. The fraction of sp³-hybridized carbons (Fsp3) is 0.870. The second-order valence-corrected chi connectivity index (χ2v) is 21.0. The van der Waals surface area contributed by atoms with Crippen LogP contribution in [0.3, 0.4) is 0 Å². The average Bonchev–Trinajstić information content (AvgIpc) is 2.62. The van der Waals surface area contributed by atoms with Gasteiger partial charge in [0.05, 0.1) is 30.3 Å². The van der Waals surface area contributed by atoms with Gasteiger partial charge in [-0.25, -0.2) is 0 Å². The molecule has 1 N–H and O–H groups in total. The maximum absolute atomic E-state index is 14.4. The van der Waals surface area contributed by atoms with Crippen molar-refractivity contribution in [3.05, 3.63) is 11.1 Å². The minimum Gasteiger partial charge on any atom is -0.414 e. The van der Waals surface area contributed by atoms with Gasteiger partial charge in [0.1, 0.15) is 6.10 Å². The lowest BCUT2D eigenvalue weighted by atomic mass is 9.52. The van der Waals surface area contributed by atoms with Gasteiger partial charge >= 0.3 is 0 Å². The summed E-state index contributed by atoms with van der Waals surface area (Å²) < 4.78 is 19.8. The summed E-state index contributed by atoms with van der Waals surface area (Å²) in [4.78, 5) is 14.4. The molecule has 2 heterocycles. The van der Waals surface area contributed by atoms with E-state index >= 15 is 0 Å². The Balaban J connectivity index is 1.70. The molecule has 4 fully saturated rings. The first-order valence-electron chi connectivity index (χ1n) is 11.8. The first kappa shape index (κ1) is 21.5. The fourth-order valence-electron chi connectivity index (χ4n) is 7.52. The van der Waals surface area contributed by atoms with Crippen LogP contribution in [0.25, 0.3) is 0 Å². The number of carbonyl (C=O) groups is 1. The monoisotopic (exact) mass is 450 g/mol. The van der Waals surface area contributed by atoms with Crippen LogP contribution in [0.1, 0.15) is 39.5 Å². The van der Waals surface area contributed by atoms with Gasteiger partial charge in [-0.15, -0.1) is 0 Å². The van der Waals surface area contributed by atoms with Gasteiger partial charge in [0, 0.05) is 5.92 Å².